The Morgan fingerprint density at radius 1 is 1.17 bits per heavy atom. The summed E-state index contributed by atoms with van der Waals surface area (Å²) < 4.78 is 5.46. The van der Waals surface area contributed by atoms with E-state index in [2.05, 4.69) is 33.5 Å². The highest BCUT2D eigenvalue weighted by Gasteiger charge is 2.29. The van der Waals surface area contributed by atoms with Crippen molar-refractivity contribution in [2.24, 2.45) is 4.99 Å². The molecule has 1 aromatic carbocycles. The maximum Gasteiger partial charge on any atom is 0.227 e. The summed E-state index contributed by atoms with van der Waals surface area (Å²) in [7, 11) is 1.69. The average Bonchev–Trinajstić information content (AvgIpc) is 3.23. The molecule has 2 aromatic rings. The molecule has 1 aromatic heterocycles. The predicted molar refractivity (Wildman–Crippen MR) is 124 cm³/mol. The fraction of sp³-hybridized carbons (Fsp3) is 0.375. The number of rotatable bonds is 6. The van der Waals surface area contributed by atoms with Gasteiger partial charge in [-0.3, -0.25) is 4.99 Å². The van der Waals surface area contributed by atoms with Crippen molar-refractivity contribution in [1.82, 2.24) is 9.97 Å². The second kappa shape index (κ2) is 9.11. The fourth-order valence-corrected chi connectivity index (χ4v) is 4.12. The molecule has 1 saturated heterocycles. The minimum Gasteiger partial charge on any atom is -0.497 e. The van der Waals surface area contributed by atoms with Crippen molar-refractivity contribution in [2.45, 2.75) is 32.6 Å². The van der Waals surface area contributed by atoms with Gasteiger partial charge in [-0.05, 0) is 50.8 Å². The van der Waals surface area contributed by atoms with Crippen LogP contribution >= 0.6 is 0 Å². The van der Waals surface area contributed by atoms with Crippen molar-refractivity contribution >= 4 is 18.0 Å². The first-order valence-electron chi connectivity index (χ1n) is 10.6. The molecule has 3 heterocycles. The van der Waals surface area contributed by atoms with Crippen molar-refractivity contribution < 1.29 is 4.74 Å². The van der Waals surface area contributed by atoms with E-state index in [1.807, 2.05) is 31.3 Å². The number of aromatic nitrogens is 2. The van der Waals surface area contributed by atoms with Gasteiger partial charge in [0.1, 0.15) is 11.6 Å². The number of benzene rings is 1. The van der Waals surface area contributed by atoms with E-state index >= 15 is 0 Å². The van der Waals surface area contributed by atoms with Gasteiger partial charge in [-0.25, -0.2) is 4.98 Å². The maximum atomic E-state index is 5.46. The van der Waals surface area contributed by atoms with E-state index in [4.69, 9.17) is 14.7 Å². The molecule has 6 nitrogen and oxygen atoms in total. The Hall–Kier alpha value is -3.15. The van der Waals surface area contributed by atoms with E-state index in [0.29, 0.717) is 0 Å². The second-order valence-electron chi connectivity index (χ2n) is 7.52. The summed E-state index contributed by atoms with van der Waals surface area (Å²) in [5.41, 5.74) is 4.16. The van der Waals surface area contributed by atoms with Crippen LogP contribution in [0.5, 0.6) is 5.75 Å². The van der Waals surface area contributed by atoms with Gasteiger partial charge in [-0.1, -0.05) is 18.7 Å². The Morgan fingerprint density at radius 3 is 2.73 bits per heavy atom. The van der Waals surface area contributed by atoms with Gasteiger partial charge in [0, 0.05) is 37.0 Å². The first-order valence-corrected chi connectivity index (χ1v) is 10.6. The molecule has 0 N–H and O–H groups in total. The Labute approximate surface area is 178 Å². The van der Waals surface area contributed by atoms with Crippen LogP contribution in [0.25, 0.3) is 11.3 Å². The van der Waals surface area contributed by atoms with Gasteiger partial charge in [-0.15, -0.1) is 0 Å². The first-order chi connectivity index (χ1) is 14.7. The largest absolute Gasteiger partial charge is 0.497 e. The minimum atomic E-state index is 0.806. The summed E-state index contributed by atoms with van der Waals surface area (Å²) in [6.07, 6.45) is 9.98. The summed E-state index contributed by atoms with van der Waals surface area (Å²) in [5, 5.41) is 0. The Morgan fingerprint density at radius 2 is 2.00 bits per heavy atom. The van der Waals surface area contributed by atoms with Crippen LogP contribution in [0.4, 0.5) is 11.8 Å². The van der Waals surface area contributed by atoms with Crippen LogP contribution in [-0.4, -0.2) is 42.9 Å². The molecular formula is C24H29N5O. The summed E-state index contributed by atoms with van der Waals surface area (Å²) in [6.45, 7) is 8.74. The number of aliphatic imine (C=N–C) groups is 1. The molecule has 2 aliphatic rings. The van der Waals surface area contributed by atoms with E-state index in [9.17, 15) is 0 Å². The van der Waals surface area contributed by atoms with Crippen molar-refractivity contribution in [3.63, 3.8) is 0 Å². The number of hydrogen-bond acceptors (Lipinski definition) is 6. The number of hydrogen-bond donors (Lipinski definition) is 0. The molecule has 0 radical (unpaired) electrons. The molecule has 156 valence electrons. The Kier molecular flexibility index (Phi) is 6.12. The molecular weight excluding hydrogens is 374 g/mol. The van der Waals surface area contributed by atoms with Crippen LogP contribution in [0.2, 0.25) is 0 Å². The molecule has 6 heteroatoms. The molecule has 0 unspecified atom stereocenters. The number of piperidine rings is 1. The predicted octanol–water partition coefficient (Wildman–Crippen LogP) is 4.62. The van der Waals surface area contributed by atoms with Gasteiger partial charge in [-0.2, -0.15) is 4.98 Å². The molecule has 0 amide bonds. The molecule has 0 saturated carbocycles. The summed E-state index contributed by atoms with van der Waals surface area (Å²) >= 11 is 0. The van der Waals surface area contributed by atoms with E-state index in [-0.39, 0.29) is 0 Å². The smallest absolute Gasteiger partial charge is 0.227 e. The molecule has 0 spiro atoms. The second-order valence-corrected chi connectivity index (χ2v) is 7.52. The van der Waals surface area contributed by atoms with Gasteiger partial charge in [0.05, 0.1) is 24.7 Å². The number of allylic oxidation sites excluding steroid dienone is 1. The monoisotopic (exact) mass is 403 g/mol. The lowest BCUT2D eigenvalue weighted by Crippen LogP contribution is -2.31. The molecule has 0 aliphatic carbocycles. The van der Waals surface area contributed by atoms with Gasteiger partial charge in [0.15, 0.2) is 0 Å². The Bertz CT molecular complexity index is 976. The lowest BCUT2D eigenvalue weighted by molar-refractivity contribution is 0.415. The van der Waals surface area contributed by atoms with E-state index in [1.165, 1.54) is 19.3 Å². The van der Waals surface area contributed by atoms with E-state index in [1.54, 1.807) is 13.3 Å². The van der Waals surface area contributed by atoms with Crippen molar-refractivity contribution in [3.8, 4) is 17.0 Å². The third kappa shape index (κ3) is 3.95. The van der Waals surface area contributed by atoms with Crippen LogP contribution < -0.4 is 14.5 Å². The van der Waals surface area contributed by atoms with Gasteiger partial charge in [0.25, 0.3) is 0 Å². The highest BCUT2D eigenvalue weighted by Crippen LogP contribution is 2.38. The van der Waals surface area contributed by atoms with Gasteiger partial charge >= 0.3 is 0 Å². The number of fused-ring (bicyclic) bond motifs is 1. The Balaban J connectivity index is 1.85. The van der Waals surface area contributed by atoms with Crippen molar-refractivity contribution in [2.75, 3.05) is 36.5 Å². The zero-order valence-corrected chi connectivity index (χ0v) is 17.8. The van der Waals surface area contributed by atoms with Crippen LogP contribution in [-0.2, 0) is 6.42 Å². The molecule has 4 rings (SSSR count). The first kappa shape index (κ1) is 20.1. The SMILES string of the molecule is C=C/C(=C\N=CC)N1CCc2c(-c3cccc(OC)c3)nc(N3CCCCC3)nc21. The third-order valence-electron chi connectivity index (χ3n) is 5.67. The van der Waals surface area contributed by atoms with Crippen LogP contribution in [0.15, 0.2) is 53.8 Å². The highest BCUT2D eigenvalue weighted by atomic mass is 16.5. The van der Waals surface area contributed by atoms with E-state index in [0.717, 1.165) is 66.1 Å². The number of anilines is 2. The lowest BCUT2D eigenvalue weighted by Gasteiger charge is -2.28. The molecule has 0 bridgehead atoms. The summed E-state index contributed by atoms with van der Waals surface area (Å²) in [6, 6.07) is 8.13. The third-order valence-corrected chi connectivity index (χ3v) is 5.67. The fourth-order valence-electron chi connectivity index (χ4n) is 4.12. The quantitative estimate of drug-likeness (QED) is 0.520. The van der Waals surface area contributed by atoms with Gasteiger partial charge < -0.3 is 14.5 Å². The molecule has 30 heavy (non-hydrogen) atoms. The lowest BCUT2D eigenvalue weighted by atomic mass is 10.1. The molecule has 0 atom stereocenters. The zero-order valence-electron chi connectivity index (χ0n) is 17.8. The van der Waals surface area contributed by atoms with Crippen LogP contribution in [0, 0.1) is 0 Å². The average molecular weight is 404 g/mol. The maximum absolute atomic E-state index is 5.46. The van der Waals surface area contributed by atoms with Gasteiger partial charge in [0.2, 0.25) is 5.95 Å². The van der Waals surface area contributed by atoms with Crippen LogP contribution in [0.3, 0.4) is 0 Å². The highest BCUT2D eigenvalue weighted by molar-refractivity contribution is 5.75. The summed E-state index contributed by atoms with van der Waals surface area (Å²) in [5.74, 6) is 2.60. The molecule has 2 aliphatic heterocycles. The minimum absolute atomic E-state index is 0.806. The standard InChI is InChI=1S/C24H29N5O/c1-4-19(17-25-5-2)29-15-12-21-22(18-10-9-11-20(16-18)30-3)26-24(27-23(21)29)28-13-7-6-8-14-28/h4-5,9-11,16-17H,1,6-8,12-15H2,2-3H3/b19-17+,25-5?. The number of nitrogens with zero attached hydrogens (tertiary/aromatic N) is 5. The molecule has 1 fully saturated rings. The van der Waals surface area contributed by atoms with Crippen molar-refractivity contribution in [1.29, 1.82) is 0 Å². The van der Waals surface area contributed by atoms with Crippen molar-refractivity contribution in [3.05, 3.63) is 54.4 Å². The van der Waals surface area contributed by atoms with Crippen LogP contribution in [0.1, 0.15) is 31.7 Å². The topological polar surface area (TPSA) is 53.9 Å². The zero-order chi connectivity index (χ0) is 20.9. The van der Waals surface area contributed by atoms with E-state index < -0.39 is 0 Å². The normalized spacial score (nSPS) is 16.8. The number of methoxy groups -OCH3 is 1. The number of ether oxygens (including phenoxy) is 1. The summed E-state index contributed by atoms with van der Waals surface area (Å²) in [4.78, 5) is 18.9.